The first-order valence-corrected chi connectivity index (χ1v) is 8.65. The van der Waals surface area contributed by atoms with Gasteiger partial charge in [0.2, 0.25) is 10.0 Å². The van der Waals surface area contributed by atoms with E-state index >= 15 is 0 Å². The molecule has 0 aromatic heterocycles. The van der Waals surface area contributed by atoms with Crippen molar-refractivity contribution in [1.29, 1.82) is 0 Å². The molecule has 0 bridgehead atoms. The van der Waals surface area contributed by atoms with Crippen LogP contribution in [0.1, 0.15) is 13.3 Å². The molecule has 7 heteroatoms. The van der Waals surface area contributed by atoms with Crippen LogP contribution in [0.5, 0.6) is 0 Å². The normalized spacial score (nSPS) is 20.7. The van der Waals surface area contributed by atoms with Gasteiger partial charge in [0.1, 0.15) is 0 Å². The van der Waals surface area contributed by atoms with Gasteiger partial charge in [0.05, 0.1) is 16.3 Å². The van der Waals surface area contributed by atoms with Crippen LogP contribution in [0, 0.1) is 0 Å². The Bertz CT molecular complexity index is 603. The molecule has 1 heterocycles. The third kappa shape index (κ3) is 3.30. The number of nitrogens with zero attached hydrogens (tertiary/aromatic N) is 2. The molecule has 0 amide bonds. The van der Waals surface area contributed by atoms with Crippen molar-refractivity contribution in [2.75, 3.05) is 44.4 Å². The minimum atomic E-state index is -3.45. The Balaban J connectivity index is 2.33. The Morgan fingerprint density at radius 3 is 2.71 bits per heavy atom. The number of nitrogen functional groups attached to an aromatic ring is 1. The number of sulfonamides is 1. The van der Waals surface area contributed by atoms with Crippen LogP contribution >= 0.6 is 0 Å². The third-order valence-electron chi connectivity index (χ3n) is 4.17. The molecule has 1 aromatic carbocycles. The van der Waals surface area contributed by atoms with Crippen LogP contribution in [0.2, 0.25) is 0 Å². The summed E-state index contributed by atoms with van der Waals surface area (Å²) in [4.78, 5) is 4.76. The lowest BCUT2D eigenvalue weighted by Crippen LogP contribution is -2.51. The molecular weight excluding hydrogens is 288 g/mol. The van der Waals surface area contributed by atoms with E-state index in [4.69, 9.17) is 5.73 Å². The number of nitrogens with one attached hydrogen (secondary N) is 1. The first kappa shape index (κ1) is 16.1. The summed E-state index contributed by atoms with van der Waals surface area (Å²) in [5.74, 6) is 0. The Morgan fingerprint density at radius 2 is 2.10 bits per heavy atom. The van der Waals surface area contributed by atoms with Crippen molar-refractivity contribution in [2.45, 2.75) is 24.3 Å². The van der Waals surface area contributed by atoms with Crippen molar-refractivity contribution in [1.82, 2.24) is 9.62 Å². The maximum atomic E-state index is 11.9. The van der Waals surface area contributed by atoms with Crippen LogP contribution in [0.25, 0.3) is 0 Å². The molecule has 1 atom stereocenters. The molecule has 6 nitrogen and oxygen atoms in total. The quantitative estimate of drug-likeness (QED) is 0.801. The zero-order valence-electron chi connectivity index (χ0n) is 12.8. The Morgan fingerprint density at radius 1 is 1.38 bits per heavy atom. The second-order valence-corrected chi connectivity index (χ2v) is 7.30. The summed E-state index contributed by atoms with van der Waals surface area (Å²) < 4.78 is 26.2. The largest absolute Gasteiger partial charge is 0.397 e. The highest BCUT2D eigenvalue weighted by Crippen LogP contribution is 2.28. The van der Waals surface area contributed by atoms with Gasteiger partial charge in [0, 0.05) is 25.7 Å². The fraction of sp³-hybridized carbons (Fsp3) is 0.571. The molecule has 0 saturated carbocycles. The third-order valence-corrected chi connectivity index (χ3v) is 5.58. The first-order chi connectivity index (χ1) is 9.89. The molecule has 3 N–H and O–H groups in total. The molecule has 21 heavy (non-hydrogen) atoms. The summed E-state index contributed by atoms with van der Waals surface area (Å²) in [7, 11) is 0.0842. The van der Waals surface area contributed by atoms with Gasteiger partial charge in [-0.2, -0.15) is 0 Å². The number of nitrogens with two attached hydrogens (primary N) is 1. The maximum absolute atomic E-state index is 11.9. The molecular formula is C14H24N4O2S. The van der Waals surface area contributed by atoms with Crippen LogP contribution in [-0.2, 0) is 10.0 Å². The van der Waals surface area contributed by atoms with Gasteiger partial charge >= 0.3 is 0 Å². The highest BCUT2D eigenvalue weighted by atomic mass is 32.2. The summed E-state index contributed by atoms with van der Waals surface area (Å²) in [6, 6.07) is 5.33. The van der Waals surface area contributed by atoms with E-state index in [1.807, 2.05) is 0 Å². The molecule has 118 valence electrons. The van der Waals surface area contributed by atoms with Crippen molar-refractivity contribution in [3.05, 3.63) is 18.2 Å². The van der Waals surface area contributed by atoms with Gasteiger partial charge in [-0.05, 0) is 38.7 Å². The van der Waals surface area contributed by atoms with Gasteiger partial charge in [-0.3, -0.25) is 4.90 Å². The minimum Gasteiger partial charge on any atom is -0.397 e. The molecule has 2 rings (SSSR count). The highest BCUT2D eigenvalue weighted by molar-refractivity contribution is 7.89. The van der Waals surface area contributed by atoms with E-state index in [-0.39, 0.29) is 4.90 Å². The predicted octanol–water partition coefficient (Wildman–Crippen LogP) is 0.707. The van der Waals surface area contributed by atoms with Gasteiger partial charge in [-0.1, -0.05) is 6.92 Å². The molecule has 0 aliphatic carbocycles. The summed E-state index contributed by atoms with van der Waals surface area (Å²) in [5, 5.41) is 0. The number of hydrogen-bond acceptors (Lipinski definition) is 5. The summed E-state index contributed by atoms with van der Waals surface area (Å²) in [6.07, 6.45) is 1.06. The van der Waals surface area contributed by atoms with E-state index in [2.05, 4.69) is 28.5 Å². The van der Waals surface area contributed by atoms with E-state index in [0.717, 1.165) is 31.7 Å². The van der Waals surface area contributed by atoms with Gasteiger partial charge < -0.3 is 10.6 Å². The fourth-order valence-corrected chi connectivity index (χ4v) is 3.44. The number of benzene rings is 1. The fourth-order valence-electron chi connectivity index (χ4n) is 2.69. The minimum absolute atomic E-state index is 0.251. The number of likely N-dealkylation sites (N-methyl/N-ethyl adjacent to an activating group) is 1. The lowest BCUT2D eigenvalue weighted by atomic mass is 10.1. The number of piperazine rings is 1. The molecule has 1 aromatic rings. The summed E-state index contributed by atoms with van der Waals surface area (Å²) in [6.45, 7) is 4.82. The van der Waals surface area contributed by atoms with Crippen LogP contribution in [0.4, 0.5) is 11.4 Å². The van der Waals surface area contributed by atoms with Crippen molar-refractivity contribution in [2.24, 2.45) is 0 Å². The van der Waals surface area contributed by atoms with E-state index in [1.165, 1.54) is 13.1 Å². The second-order valence-electron chi connectivity index (χ2n) is 5.42. The number of anilines is 2. The zero-order valence-corrected chi connectivity index (χ0v) is 13.7. The standard InChI is InChI=1S/C14H24N4O2S/c1-4-11-10-18(8-7-17(11)3)14-9-12(5-6-13(14)15)21(19,20)16-2/h5-6,9,11,16H,4,7-8,10,15H2,1-3H3. The molecule has 1 fully saturated rings. The van der Waals surface area contributed by atoms with E-state index in [1.54, 1.807) is 12.1 Å². The Kier molecular flexibility index (Phi) is 4.75. The lowest BCUT2D eigenvalue weighted by Gasteiger charge is -2.40. The molecule has 1 aliphatic heterocycles. The molecule has 0 spiro atoms. The number of hydrogen-bond donors (Lipinski definition) is 2. The van der Waals surface area contributed by atoms with Gasteiger partial charge in [0.25, 0.3) is 0 Å². The topological polar surface area (TPSA) is 78.7 Å². The zero-order chi connectivity index (χ0) is 15.6. The lowest BCUT2D eigenvalue weighted by molar-refractivity contribution is 0.213. The number of rotatable bonds is 4. The van der Waals surface area contributed by atoms with E-state index in [0.29, 0.717) is 11.7 Å². The molecule has 1 aliphatic rings. The first-order valence-electron chi connectivity index (χ1n) is 7.17. The maximum Gasteiger partial charge on any atom is 0.240 e. The van der Waals surface area contributed by atoms with E-state index in [9.17, 15) is 8.42 Å². The smallest absolute Gasteiger partial charge is 0.240 e. The SMILES string of the molecule is CCC1CN(c2cc(S(=O)(=O)NC)ccc2N)CCN1C. The Hall–Kier alpha value is -1.31. The van der Waals surface area contributed by atoms with Crippen LogP contribution in [-0.4, -0.2) is 53.1 Å². The summed E-state index contributed by atoms with van der Waals surface area (Å²) in [5.41, 5.74) is 7.47. The second kappa shape index (κ2) is 6.21. The summed E-state index contributed by atoms with van der Waals surface area (Å²) >= 11 is 0. The van der Waals surface area contributed by atoms with Crippen LogP contribution in [0.15, 0.2) is 23.1 Å². The van der Waals surface area contributed by atoms with Crippen molar-refractivity contribution in [3.8, 4) is 0 Å². The molecule has 0 radical (unpaired) electrons. The predicted molar refractivity (Wildman–Crippen MR) is 86.0 cm³/mol. The molecule has 1 unspecified atom stereocenters. The molecule has 1 saturated heterocycles. The average molecular weight is 312 g/mol. The van der Waals surface area contributed by atoms with E-state index < -0.39 is 10.0 Å². The highest BCUT2D eigenvalue weighted by Gasteiger charge is 2.25. The van der Waals surface area contributed by atoms with Gasteiger partial charge in [0.15, 0.2) is 0 Å². The van der Waals surface area contributed by atoms with Gasteiger partial charge in [-0.15, -0.1) is 0 Å². The van der Waals surface area contributed by atoms with Crippen LogP contribution < -0.4 is 15.4 Å². The van der Waals surface area contributed by atoms with Gasteiger partial charge in [-0.25, -0.2) is 13.1 Å². The van der Waals surface area contributed by atoms with Crippen LogP contribution in [0.3, 0.4) is 0 Å². The Labute approximate surface area is 127 Å². The van der Waals surface area contributed by atoms with Crippen molar-refractivity contribution in [3.63, 3.8) is 0 Å². The average Bonchev–Trinajstić information content (AvgIpc) is 2.48. The van der Waals surface area contributed by atoms with Crippen molar-refractivity contribution < 1.29 is 8.42 Å². The van der Waals surface area contributed by atoms with Crippen molar-refractivity contribution >= 4 is 21.4 Å². The monoisotopic (exact) mass is 312 g/mol.